The highest BCUT2D eigenvalue weighted by molar-refractivity contribution is 6.35. The normalized spacial score (nSPS) is 10.5. The predicted molar refractivity (Wildman–Crippen MR) is 123 cm³/mol. The van der Waals surface area contributed by atoms with Crippen LogP contribution in [-0.4, -0.2) is 26.4 Å². The zero-order valence-corrected chi connectivity index (χ0v) is 19.7. The Labute approximate surface area is 194 Å². The molecule has 162 valence electrons. The minimum absolute atomic E-state index is 0. The van der Waals surface area contributed by atoms with Gasteiger partial charge < -0.3 is 19.5 Å². The van der Waals surface area contributed by atoms with Gasteiger partial charge in [-0.3, -0.25) is 0 Å². The second-order valence-electron chi connectivity index (χ2n) is 6.09. The molecule has 0 saturated heterocycles. The maximum Gasteiger partial charge on any atom is 0.180 e. The van der Waals surface area contributed by atoms with Crippen molar-refractivity contribution in [3.05, 3.63) is 56.5 Å². The summed E-state index contributed by atoms with van der Waals surface area (Å²) in [5.41, 5.74) is 1.85. The van der Waals surface area contributed by atoms with Crippen LogP contribution in [0, 0.1) is 0 Å². The van der Waals surface area contributed by atoms with Gasteiger partial charge in [0.2, 0.25) is 0 Å². The van der Waals surface area contributed by atoms with E-state index in [2.05, 4.69) is 5.32 Å². The first kappa shape index (κ1) is 26.2. The Kier molecular flexibility index (Phi) is 12.8. The lowest BCUT2D eigenvalue weighted by molar-refractivity contribution is 0.144. The van der Waals surface area contributed by atoms with E-state index in [1.54, 1.807) is 12.1 Å². The molecule has 0 unspecified atom stereocenters. The van der Waals surface area contributed by atoms with E-state index < -0.39 is 0 Å². The molecule has 0 aliphatic carbocycles. The maximum atomic E-state index is 6.48. The first-order chi connectivity index (χ1) is 13.5. The first-order valence-corrected chi connectivity index (χ1v) is 10.5. The molecule has 0 spiro atoms. The Morgan fingerprint density at radius 2 is 1.72 bits per heavy atom. The Morgan fingerprint density at radius 3 is 2.41 bits per heavy atom. The summed E-state index contributed by atoms with van der Waals surface area (Å²) in [5, 5.41) is 5.02. The fraction of sp³-hybridized carbons (Fsp3) is 0.429. The first-order valence-electron chi connectivity index (χ1n) is 9.35. The Morgan fingerprint density at radius 1 is 0.931 bits per heavy atom. The standard InChI is InChI=1S/C21H26Cl3NO3.ClH/c1-3-26-9-5-8-25-13-15-10-19(24)21(20(11-15)27-4-2)28-14-16-6-7-17(22)12-18(16)23;/h6-7,10-12,25H,3-5,8-9,13-14H2,1-2H3;1H. The zero-order valence-electron chi connectivity index (χ0n) is 16.6. The Bertz CT molecular complexity index is 759. The lowest BCUT2D eigenvalue weighted by atomic mass is 10.2. The molecule has 0 radical (unpaired) electrons. The molecular formula is C21H27Cl4NO3. The molecule has 0 aliphatic heterocycles. The van der Waals surface area contributed by atoms with Crippen molar-refractivity contribution >= 4 is 47.2 Å². The fourth-order valence-corrected chi connectivity index (χ4v) is 3.34. The molecule has 4 nitrogen and oxygen atoms in total. The minimum atomic E-state index is 0. The van der Waals surface area contributed by atoms with Crippen molar-refractivity contribution in [1.82, 2.24) is 5.32 Å². The largest absolute Gasteiger partial charge is 0.490 e. The van der Waals surface area contributed by atoms with Gasteiger partial charge >= 0.3 is 0 Å². The van der Waals surface area contributed by atoms with E-state index in [0.29, 0.717) is 39.7 Å². The quantitative estimate of drug-likeness (QED) is 0.347. The third-order valence-corrected chi connectivity index (χ3v) is 4.80. The van der Waals surface area contributed by atoms with Crippen molar-refractivity contribution in [2.24, 2.45) is 0 Å². The van der Waals surface area contributed by atoms with E-state index in [1.807, 2.05) is 32.0 Å². The second kappa shape index (κ2) is 14.2. The third-order valence-electron chi connectivity index (χ3n) is 3.93. The van der Waals surface area contributed by atoms with Crippen LogP contribution >= 0.6 is 47.2 Å². The van der Waals surface area contributed by atoms with E-state index in [-0.39, 0.29) is 19.0 Å². The van der Waals surface area contributed by atoms with Crippen molar-refractivity contribution in [2.45, 2.75) is 33.4 Å². The van der Waals surface area contributed by atoms with Gasteiger partial charge in [-0.1, -0.05) is 40.9 Å². The van der Waals surface area contributed by atoms with Crippen molar-refractivity contribution in [2.75, 3.05) is 26.4 Å². The monoisotopic (exact) mass is 481 g/mol. The van der Waals surface area contributed by atoms with E-state index >= 15 is 0 Å². The Hall–Kier alpha value is -0.880. The van der Waals surface area contributed by atoms with Gasteiger partial charge in [-0.25, -0.2) is 0 Å². The average molecular weight is 483 g/mol. The summed E-state index contributed by atoms with van der Waals surface area (Å²) in [6.45, 7) is 7.76. The molecule has 29 heavy (non-hydrogen) atoms. The zero-order chi connectivity index (χ0) is 20.4. The molecule has 0 amide bonds. The minimum Gasteiger partial charge on any atom is -0.490 e. The van der Waals surface area contributed by atoms with Gasteiger partial charge in [-0.15, -0.1) is 12.4 Å². The van der Waals surface area contributed by atoms with Crippen molar-refractivity contribution in [3.63, 3.8) is 0 Å². The molecule has 0 atom stereocenters. The smallest absolute Gasteiger partial charge is 0.180 e. The SMILES string of the molecule is CCOCCCNCc1cc(Cl)c(OCc2ccc(Cl)cc2Cl)c(OCC)c1.Cl. The van der Waals surface area contributed by atoms with Crippen LogP contribution in [0.3, 0.4) is 0 Å². The van der Waals surface area contributed by atoms with Crippen LogP contribution in [0.1, 0.15) is 31.4 Å². The van der Waals surface area contributed by atoms with Crippen LogP contribution < -0.4 is 14.8 Å². The summed E-state index contributed by atoms with van der Waals surface area (Å²) in [6.07, 6.45) is 0.961. The van der Waals surface area contributed by atoms with Gasteiger partial charge in [0.15, 0.2) is 11.5 Å². The van der Waals surface area contributed by atoms with Gasteiger partial charge in [0.25, 0.3) is 0 Å². The number of hydrogen-bond acceptors (Lipinski definition) is 4. The van der Waals surface area contributed by atoms with Gasteiger partial charge in [0.1, 0.15) is 6.61 Å². The molecule has 2 aromatic carbocycles. The van der Waals surface area contributed by atoms with Gasteiger partial charge in [0, 0.05) is 35.4 Å². The average Bonchev–Trinajstić information content (AvgIpc) is 2.65. The molecular weight excluding hydrogens is 456 g/mol. The fourth-order valence-electron chi connectivity index (χ4n) is 2.59. The third kappa shape index (κ3) is 8.79. The molecule has 0 aromatic heterocycles. The van der Waals surface area contributed by atoms with Gasteiger partial charge in [-0.05, 0) is 56.6 Å². The van der Waals surface area contributed by atoms with Gasteiger partial charge in [0.05, 0.1) is 11.6 Å². The van der Waals surface area contributed by atoms with Crippen LogP contribution in [0.15, 0.2) is 30.3 Å². The van der Waals surface area contributed by atoms with Crippen LogP contribution in [0.2, 0.25) is 15.1 Å². The van der Waals surface area contributed by atoms with E-state index in [4.69, 9.17) is 49.0 Å². The van der Waals surface area contributed by atoms with Crippen molar-refractivity contribution in [1.29, 1.82) is 0 Å². The molecule has 0 bridgehead atoms. The van der Waals surface area contributed by atoms with Gasteiger partial charge in [-0.2, -0.15) is 0 Å². The molecule has 2 aromatic rings. The van der Waals surface area contributed by atoms with Crippen LogP contribution in [0.25, 0.3) is 0 Å². The lowest BCUT2D eigenvalue weighted by Crippen LogP contribution is -2.16. The molecule has 0 saturated carbocycles. The summed E-state index contributed by atoms with van der Waals surface area (Å²) in [4.78, 5) is 0. The predicted octanol–water partition coefficient (Wildman–Crippen LogP) is 6.56. The number of rotatable bonds is 12. The molecule has 0 fully saturated rings. The molecule has 0 heterocycles. The highest BCUT2D eigenvalue weighted by atomic mass is 35.5. The lowest BCUT2D eigenvalue weighted by Gasteiger charge is -2.16. The summed E-state index contributed by atoms with van der Waals surface area (Å²) in [6, 6.07) is 9.13. The number of ether oxygens (including phenoxy) is 3. The maximum absolute atomic E-state index is 6.48. The van der Waals surface area contributed by atoms with E-state index in [0.717, 1.165) is 37.3 Å². The van der Waals surface area contributed by atoms with Crippen LogP contribution in [0.4, 0.5) is 0 Å². The van der Waals surface area contributed by atoms with Crippen molar-refractivity contribution in [3.8, 4) is 11.5 Å². The highest BCUT2D eigenvalue weighted by Gasteiger charge is 2.14. The second-order valence-corrected chi connectivity index (χ2v) is 7.34. The van der Waals surface area contributed by atoms with E-state index in [9.17, 15) is 0 Å². The molecule has 8 heteroatoms. The Balaban J connectivity index is 0.00000420. The summed E-state index contributed by atoms with van der Waals surface area (Å²) < 4.78 is 17.0. The highest BCUT2D eigenvalue weighted by Crippen LogP contribution is 2.37. The van der Waals surface area contributed by atoms with Crippen LogP contribution in [0.5, 0.6) is 11.5 Å². The van der Waals surface area contributed by atoms with Crippen LogP contribution in [-0.2, 0) is 17.9 Å². The summed E-state index contributed by atoms with van der Waals surface area (Å²) in [5.74, 6) is 1.13. The number of hydrogen-bond donors (Lipinski definition) is 1. The molecule has 1 N–H and O–H groups in total. The number of nitrogens with one attached hydrogen (secondary N) is 1. The number of halogens is 4. The topological polar surface area (TPSA) is 39.7 Å². The number of benzene rings is 2. The molecule has 2 rings (SSSR count). The molecule has 0 aliphatic rings. The summed E-state index contributed by atoms with van der Waals surface area (Å²) in [7, 11) is 0. The van der Waals surface area contributed by atoms with E-state index in [1.165, 1.54) is 0 Å². The van der Waals surface area contributed by atoms with Crippen molar-refractivity contribution < 1.29 is 14.2 Å². The summed E-state index contributed by atoms with van der Waals surface area (Å²) >= 11 is 18.6.